The molecule has 2 rings (SSSR count). The molecule has 0 saturated heterocycles. The largest absolute Gasteiger partial charge is 0.506 e. The quantitative estimate of drug-likeness (QED) is 0.491. The summed E-state index contributed by atoms with van der Waals surface area (Å²) in [6.45, 7) is 0. The van der Waals surface area contributed by atoms with E-state index in [1.807, 2.05) is 30.3 Å². The van der Waals surface area contributed by atoms with Gasteiger partial charge in [-0.1, -0.05) is 30.3 Å². The highest BCUT2D eigenvalue weighted by atomic mass is 127. The number of hydrogen-bond acceptors (Lipinski definition) is 3. The van der Waals surface area contributed by atoms with Crippen LogP contribution in [-0.4, -0.2) is 11.3 Å². The first-order valence-corrected chi connectivity index (χ1v) is 8.02. The third-order valence-corrected chi connectivity index (χ3v) is 4.58. The van der Waals surface area contributed by atoms with E-state index in [2.05, 4.69) is 51.3 Å². The molecule has 6 heteroatoms. The molecule has 0 spiro atoms. The van der Waals surface area contributed by atoms with E-state index in [0.29, 0.717) is 5.56 Å². The SMILES string of the molecule is N#Cc1cc(I)c(C(OC(=O)O)c2ccccc2)c(I)c1. The molecule has 2 aromatic carbocycles. The van der Waals surface area contributed by atoms with Gasteiger partial charge < -0.3 is 9.84 Å². The molecule has 21 heavy (non-hydrogen) atoms. The number of halogens is 2. The Morgan fingerprint density at radius 2 is 1.76 bits per heavy atom. The lowest BCUT2D eigenvalue weighted by atomic mass is 10.0. The average molecular weight is 505 g/mol. The van der Waals surface area contributed by atoms with Crippen LogP contribution in [0, 0.1) is 18.5 Å². The number of ether oxygens (including phenoxy) is 1. The van der Waals surface area contributed by atoms with Crippen molar-refractivity contribution in [2.75, 3.05) is 0 Å². The zero-order valence-corrected chi connectivity index (χ0v) is 14.9. The van der Waals surface area contributed by atoms with E-state index in [-0.39, 0.29) is 0 Å². The number of rotatable bonds is 3. The number of benzene rings is 2. The van der Waals surface area contributed by atoms with E-state index in [0.717, 1.165) is 18.3 Å². The van der Waals surface area contributed by atoms with Gasteiger partial charge in [-0.25, -0.2) is 4.79 Å². The molecule has 0 aliphatic heterocycles. The molecule has 0 aliphatic carbocycles. The van der Waals surface area contributed by atoms with Crippen LogP contribution < -0.4 is 0 Å². The van der Waals surface area contributed by atoms with E-state index < -0.39 is 12.3 Å². The topological polar surface area (TPSA) is 70.3 Å². The van der Waals surface area contributed by atoms with Gasteiger partial charge in [-0.15, -0.1) is 0 Å². The predicted molar refractivity (Wildman–Crippen MR) is 94.0 cm³/mol. The third kappa shape index (κ3) is 3.85. The maximum absolute atomic E-state index is 11.0. The molecule has 1 unspecified atom stereocenters. The highest BCUT2D eigenvalue weighted by Crippen LogP contribution is 2.34. The molecule has 0 aromatic heterocycles. The normalized spacial score (nSPS) is 11.5. The van der Waals surface area contributed by atoms with Gasteiger partial charge >= 0.3 is 6.16 Å². The number of nitriles is 1. The number of carbonyl (C=O) groups is 1. The summed E-state index contributed by atoms with van der Waals surface area (Å²) >= 11 is 4.19. The van der Waals surface area contributed by atoms with Crippen LogP contribution in [0.4, 0.5) is 4.79 Å². The Morgan fingerprint density at radius 1 is 1.19 bits per heavy atom. The lowest BCUT2D eigenvalue weighted by molar-refractivity contribution is 0.0657. The van der Waals surface area contributed by atoms with Crippen molar-refractivity contribution in [1.29, 1.82) is 5.26 Å². The molecule has 0 saturated carbocycles. The number of nitrogens with zero attached hydrogens (tertiary/aromatic N) is 1. The van der Waals surface area contributed by atoms with Gasteiger partial charge in [-0.2, -0.15) is 5.26 Å². The highest BCUT2D eigenvalue weighted by Gasteiger charge is 2.24. The molecule has 2 aromatic rings. The lowest BCUT2D eigenvalue weighted by Crippen LogP contribution is -2.13. The molecule has 1 N–H and O–H groups in total. The second kappa shape index (κ2) is 7.09. The van der Waals surface area contributed by atoms with Gasteiger partial charge in [0.1, 0.15) is 0 Å². The molecular weight excluding hydrogens is 496 g/mol. The van der Waals surface area contributed by atoms with Crippen molar-refractivity contribution < 1.29 is 14.6 Å². The molecule has 106 valence electrons. The van der Waals surface area contributed by atoms with Gasteiger partial charge in [0, 0.05) is 12.7 Å². The van der Waals surface area contributed by atoms with E-state index in [9.17, 15) is 4.79 Å². The monoisotopic (exact) mass is 505 g/mol. The van der Waals surface area contributed by atoms with Crippen LogP contribution >= 0.6 is 45.2 Å². The summed E-state index contributed by atoms with van der Waals surface area (Å²) in [6, 6.07) is 14.7. The fraction of sp³-hybridized carbons (Fsp3) is 0.0667. The van der Waals surface area contributed by atoms with Crippen LogP contribution in [-0.2, 0) is 4.74 Å². The maximum Gasteiger partial charge on any atom is 0.506 e. The summed E-state index contributed by atoms with van der Waals surface area (Å²) in [5.74, 6) is 0. The fourth-order valence-electron chi connectivity index (χ4n) is 1.92. The van der Waals surface area contributed by atoms with Crippen molar-refractivity contribution >= 4 is 51.3 Å². The number of carboxylic acid groups (broad SMARTS) is 1. The van der Waals surface area contributed by atoms with Crippen LogP contribution in [0.15, 0.2) is 42.5 Å². The fourth-order valence-corrected chi connectivity index (χ4v) is 4.26. The first kappa shape index (κ1) is 16.0. The Balaban J connectivity index is 2.57. The molecule has 0 fully saturated rings. The Hall–Kier alpha value is -1.34. The zero-order valence-electron chi connectivity index (χ0n) is 10.6. The minimum atomic E-state index is -1.33. The second-order valence-electron chi connectivity index (χ2n) is 4.14. The van der Waals surface area contributed by atoms with Gasteiger partial charge in [0.05, 0.1) is 11.6 Å². The van der Waals surface area contributed by atoms with Crippen LogP contribution in [0.2, 0.25) is 0 Å². The summed E-state index contributed by atoms with van der Waals surface area (Å²) in [5.41, 5.74) is 2.04. The Kier molecular flexibility index (Phi) is 5.41. The Morgan fingerprint density at radius 3 is 2.24 bits per heavy atom. The second-order valence-corrected chi connectivity index (χ2v) is 6.46. The van der Waals surface area contributed by atoms with Crippen molar-refractivity contribution in [2.24, 2.45) is 0 Å². The zero-order chi connectivity index (χ0) is 15.4. The molecule has 0 heterocycles. The summed E-state index contributed by atoms with van der Waals surface area (Å²) in [6.07, 6.45) is -2.05. The van der Waals surface area contributed by atoms with Crippen molar-refractivity contribution in [3.63, 3.8) is 0 Å². The van der Waals surface area contributed by atoms with E-state index in [1.165, 1.54) is 0 Å². The molecule has 0 aliphatic rings. The van der Waals surface area contributed by atoms with Crippen molar-refractivity contribution in [2.45, 2.75) is 6.10 Å². The first-order chi connectivity index (χ1) is 10.0. The summed E-state index contributed by atoms with van der Waals surface area (Å²) in [5, 5.41) is 18.0. The summed E-state index contributed by atoms with van der Waals surface area (Å²) in [4.78, 5) is 11.0. The minimum absolute atomic E-state index is 0.537. The molecule has 0 bridgehead atoms. The van der Waals surface area contributed by atoms with Crippen LogP contribution in [0.3, 0.4) is 0 Å². The Labute approximate surface area is 149 Å². The predicted octanol–water partition coefficient (Wildman–Crippen LogP) is 4.55. The van der Waals surface area contributed by atoms with Crippen molar-refractivity contribution in [1.82, 2.24) is 0 Å². The molecule has 4 nitrogen and oxygen atoms in total. The molecule has 0 radical (unpaired) electrons. The van der Waals surface area contributed by atoms with Gasteiger partial charge in [-0.3, -0.25) is 0 Å². The van der Waals surface area contributed by atoms with E-state index in [1.54, 1.807) is 12.1 Å². The summed E-state index contributed by atoms with van der Waals surface area (Å²) in [7, 11) is 0. The number of hydrogen-bond donors (Lipinski definition) is 1. The average Bonchev–Trinajstić information content (AvgIpc) is 2.45. The van der Waals surface area contributed by atoms with Gasteiger partial charge in [0.2, 0.25) is 0 Å². The lowest BCUT2D eigenvalue weighted by Gasteiger charge is -2.20. The van der Waals surface area contributed by atoms with Crippen LogP contribution in [0.5, 0.6) is 0 Å². The van der Waals surface area contributed by atoms with E-state index >= 15 is 0 Å². The third-order valence-electron chi connectivity index (χ3n) is 2.79. The maximum atomic E-state index is 11.0. The Bertz CT molecular complexity index is 688. The van der Waals surface area contributed by atoms with Gasteiger partial charge in [0.25, 0.3) is 0 Å². The van der Waals surface area contributed by atoms with Crippen molar-refractivity contribution in [3.8, 4) is 6.07 Å². The molecule has 0 amide bonds. The van der Waals surface area contributed by atoms with Crippen LogP contribution in [0.1, 0.15) is 22.8 Å². The van der Waals surface area contributed by atoms with E-state index in [4.69, 9.17) is 15.1 Å². The summed E-state index contributed by atoms with van der Waals surface area (Å²) < 4.78 is 6.68. The molecular formula is C15H9I2NO3. The molecule has 1 atom stereocenters. The van der Waals surface area contributed by atoms with Gasteiger partial charge in [-0.05, 0) is 62.9 Å². The van der Waals surface area contributed by atoms with Gasteiger partial charge in [0.15, 0.2) is 6.10 Å². The standard InChI is InChI=1S/C15H9I2NO3/c16-11-6-9(8-18)7-12(17)13(11)14(21-15(19)20)10-4-2-1-3-5-10/h1-7,14H,(H,19,20). The van der Waals surface area contributed by atoms with Crippen molar-refractivity contribution in [3.05, 3.63) is 66.3 Å². The first-order valence-electron chi connectivity index (χ1n) is 5.86. The highest BCUT2D eigenvalue weighted by molar-refractivity contribution is 14.1. The van der Waals surface area contributed by atoms with Crippen LogP contribution in [0.25, 0.3) is 0 Å². The minimum Gasteiger partial charge on any atom is -0.450 e. The smallest absolute Gasteiger partial charge is 0.450 e.